The molecule has 3 heteroatoms. The highest BCUT2D eigenvalue weighted by Gasteiger charge is 2.25. The first kappa shape index (κ1) is 12.5. The minimum absolute atomic E-state index is 0.443. The van der Waals surface area contributed by atoms with Gasteiger partial charge >= 0.3 is 0 Å². The molecule has 0 aromatic carbocycles. The van der Waals surface area contributed by atoms with Crippen LogP contribution in [0.3, 0.4) is 0 Å². The van der Waals surface area contributed by atoms with Gasteiger partial charge in [0.25, 0.3) is 0 Å². The van der Waals surface area contributed by atoms with Gasteiger partial charge in [-0.1, -0.05) is 33.6 Å². The third-order valence-corrected chi connectivity index (χ3v) is 4.12. The van der Waals surface area contributed by atoms with Crippen LogP contribution >= 0.6 is 0 Å². The molecule has 1 aromatic heterocycles. The minimum atomic E-state index is 0.443. The largest absolute Gasteiger partial charge is 0.384 e. The van der Waals surface area contributed by atoms with Crippen LogP contribution < -0.4 is 5.73 Å². The van der Waals surface area contributed by atoms with E-state index in [1.54, 1.807) is 0 Å². The molecule has 2 N–H and O–H groups in total. The third-order valence-electron chi connectivity index (χ3n) is 4.12. The van der Waals surface area contributed by atoms with Gasteiger partial charge < -0.3 is 10.3 Å². The molecule has 17 heavy (non-hydrogen) atoms. The summed E-state index contributed by atoms with van der Waals surface area (Å²) in [4.78, 5) is 4.80. The Hall–Kier alpha value is -0.990. The topological polar surface area (TPSA) is 43.8 Å². The van der Waals surface area contributed by atoms with Crippen molar-refractivity contribution in [2.24, 2.45) is 13.0 Å². The van der Waals surface area contributed by atoms with Crippen molar-refractivity contribution in [1.82, 2.24) is 9.55 Å². The van der Waals surface area contributed by atoms with E-state index < -0.39 is 0 Å². The molecule has 0 atom stereocenters. The lowest BCUT2D eigenvalue weighted by Gasteiger charge is -2.25. The lowest BCUT2D eigenvalue weighted by molar-refractivity contribution is 0.345. The van der Waals surface area contributed by atoms with Crippen molar-refractivity contribution in [3.8, 4) is 0 Å². The first-order valence-corrected chi connectivity index (χ1v) is 6.82. The zero-order valence-electron chi connectivity index (χ0n) is 11.5. The van der Waals surface area contributed by atoms with Crippen molar-refractivity contribution in [3.05, 3.63) is 11.5 Å². The molecule has 1 saturated carbocycles. The second-order valence-corrected chi connectivity index (χ2v) is 5.91. The van der Waals surface area contributed by atoms with Gasteiger partial charge in [0.15, 0.2) is 0 Å². The Labute approximate surface area is 104 Å². The van der Waals surface area contributed by atoms with Crippen molar-refractivity contribution in [1.29, 1.82) is 0 Å². The zero-order chi connectivity index (χ0) is 12.6. The summed E-state index contributed by atoms with van der Waals surface area (Å²) in [6.45, 7) is 6.69. The Morgan fingerprint density at radius 2 is 1.82 bits per heavy atom. The lowest BCUT2D eigenvalue weighted by Crippen LogP contribution is -2.12. The van der Waals surface area contributed by atoms with E-state index in [4.69, 9.17) is 10.7 Å². The van der Waals surface area contributed by atoms with Crippen molar-refractivity contribution < 1.29 is 0 Å². The normalized spacial score (nSPS) is 25.5. The maximum atomic E-state index is 6.21. The SMILES string of the molecule is CC1CCC(c2nc(C(C)C)n(C)c2N)CC1. The third kappa shape index (κ3) is 2.33. The standard InChI is InChI=1S/C14H25N3/c1-9(2)14-16-12(13(15)17(14)4)11-7-5-10(3)6-8-11/h9-11H,5-8,15H2,1-4H3. The highest BCUT2D eigenvalue weighted by Crippen LogP contribution is 2.38. The van der Waals surface area contributed by atoms with Gasteiger partial charge in [0, 0.05) is 18.9 Å². The number of nitrogens with zero attached hydrogens (tertiary/aromatic N) is 2. The predicted octanol–water partition coefficient (Wildman–Crippen LogP) is 3.42. The maximum Gasteiger partial charge on any atom is 0.126 e. The van der Waals surface area contributed by atoms with Gasteiger partial charge in [-0.2, -0.15) is 0 Å². The highest BCUT2D eigenvalue weighted by molar-refractivity contribution is 5.41. The summed E-state index contributed by atoms with van der Waals surface area (Å²) in [6.07, 6.45) is 5.13. The van der Waals surface area contributed by atoms with Crippen LogP contribution in [0.15, 0.2) is 0 Å². The zero-order valence-corrected chi connectivity index (χ0v) is 11.5. The predicted molar refractivity (Wildman–Crippen MR) is 72.1 cm³/mol. The molecule has 1 aliphatic rings. The average molecular weight is 235 g/mol. The molecule has 0 spiro atoms. The Kier molecular flexibility index (Phi) is 3.45. The van der Waals surface area contributed by atoms with Crippen LogP contribution in [0.2, 0.25) is 0 Å². The minimum Gasteiger partial charge on any atom is -0.384 e. The van der Waals surface area contributed by atoms with E-state index in [-0.39, 0.29) is 0 Å². The van der Waals surface area contributed by atoms with Gasteiger partial charge in [-0.3, -0.25) is 0 Å². The Balaban J connectivity index is 2.24. The molecule has 3 nitrogen and oxygen atoms in total. The van der Waals surface area contributed by atoms with Gasteiger partial charge in [0.05, 0.1) is 5.69 Å². The summed E-state index contributed by atoms with van der Waals surface area (Å²) in [5.74, 6) is 3.91. The summed E-state index contributed by atoms with van der Waals surface area (Å²) in [6, 6.07) is 0. The van der Waals surface area contributed by atoms with Crippen LogP contribution in [0.4, 0.5) is 5.82 Å². The van der Waals surface area contributed by atoms with Crippen LogP contribution in [0.25, 0.3) is 0 Å². The number of nitrogens with two attached hydrogens (primary N) is 1. The van der Waals surface area contributed by atoms with Gasteiger partial charge in [-0.25, -0.2) is 4.98 Å². The fraction of sp³-hybridized carbons (Fsp3) is 0.786. The van der Waals surface area contributed by atoms with Gasteiger partial charge in [0.2, 0.25) is 0 Å². The monoisotopic (exact) mass is 235 g/mol. The van der Waals surface area contributed by atoms with Crippen LogP contribution in [0.5, 0.6) is 0 Å². The van der Waals surface area contributed by atoms with Crippen molar-refractivity contribution in [2.45, 2.75) is 58.3 Å². The molecular weight excluding hydrogens is 210 g/mol. The van der Waals surface area contributed by atoms with E-state index in [2.05, 4.69) is 25.3 Å². The number of anilines is 1. The molecule has 0 radical (unpaired) electrons. The molecule has 0 saturated heterocycles. The van der Waals surface area contributed by atoms with E-state index in [9.17, 15) is 0 Å². The molecule has 0 aliphatic heterocycles. The van der Waals surface area contributed by atoms with Gasteiger partial charge in [0.1, 0.15) is 11.6 Å². The lowest BCUT2D eigenvalue weighted by atomic mass is 9.81. The van der Waals surface area contributed by atoms with E-state index in [1.165, 1.54) is 25.7 Å². The second-order valence-electron chi connectivity index (χ2n) is 5.91. The Bertz CT molecular complexity index is 384. The van der Waals surface area contributed by atoms with Gasteiger partial charge in [-0.05, 0) is 18.8 Å². The van der Waals surface area contributed by atoms with Crippen LogP contribution in [0, 0.1) is 5.92 Å². The summed E-state index contributed by atoms with van der Waals surface area (Å²) in [5, 5.41) is 0. The molecular formula is C14H25N3. The molecule has 1 aromatic rings. The molecule has 1 fully saturated rings. The number of aromatic nitrogens is 2. The van der Waals surface area contributed by atoms with Crippen molar-refractivity contribution >= 4 is 5.82 Å². The quantitative estimate of drug-likeness (QED) is 0.853. The van der Waals surface area contributed by atoms with Crippen molar-refractivity contribution in [2.75, 3.05) is 5.73 Å². The molecule has 0 unspecified atom stereocenters. The smallest absolute Gasteiger partial charge is 0.126 e. The molecule has 96 valence electrons. The van der Waals surface area contributed by atoms with Crippen LogP contribution in [-0.2, 0) is 7.05 Å². The molecule has 1 aliphatic carbocycles. The number of hydrogen-bond donors (Lipinski definition) is 1. The Morgan fingerprint density at radius 1 is 1.24 bits per heavy atom. The summed E-state index contributed by atoms with van der Waals surface area (Å²) >= 11 is 0. The Morgan fingerprint density at radius 3 is 2.29 bits per heavy atom. The molecule has 2 rings (SSSR count). The fourth-order valence-electron chi connectivity index (χ4n) is 2.90. The van der Waals surface area contributed by atoms with E-state index in [0.717, 1.165) is 23.3 Å². The highest BCUT2D eigenvalue weighted by atomic mass is 15.1. The summed E-state index contributed by atoms with van der Waals surface area (Å²) in [7, 11) is 2.03. The van der Waals surface area contributed by atoms with Crippen LogP contribution in [0.1, 0.15) is 69.8 Å². The number of nitrogen functional groups attached to an aromatic ring is 1. The first-order chi connectivity index (χ1) is 8.00. The number of imidazole rings is 1. The fourth-order valence-corrected chi connectivity index (χ4v) is 2.90. The molecule has 0 bridgehead atoms. The van der Waals surface area contributed by atoms with Crippen molar-refractivity contribution in [3.63, 3.8) is 0 Å². The first-order valence-electron chi connectivity index (χ1n) is 6.82. The number of hydrogen-bond acceptors (Lipinski definition) is 2. The maximum absolute atomic E-state index is 6.21. The molecule has 0 amide bonds. The molecule has 1 heterocycles. The summed E-state index contributed by atoms with van der Waals surface area (Å²) < 4.78 is 2.07. The summed E-state index contributed by atoms with van der Waals surface area (Å²) in [5.41, 5.74) is 7.36. The van der Waals surface area contributed by atoms with Gasteiger partial charge in [-0.15, -0.1) is 0 Å². The number of rotatable bonds is 2. The second kappa shape index (κ2) is 4.71. The van der Waals surface area contributed by atoms with E-state index >= 15 is 0 Å². The average Bonchev–Trinajstić information content (AvgIpc) is 2.58. The van der Waals surface area contributed by atoms with E-state index in [0.29, 0.717) is 11.8 Å². The van der Waals surface area contributed by atoms with Crippen LogP contribution in [-0.4, -0.2) is 9.55 Å². The van der Waals surface area contributed by atoms with E-state index in [1.807, 2.05) is 7.05 Å².